The van der Waals surface area contributed by atoms with Crippen molar-refractivity contribution in [3.63, 3.8) is 0 Å². The lowest BCUT2D eigenvalue weighted by atomic mass is 9.45. The van der Waals surface area contributed by atoms with Crippen LogP contribution in [0.15, 0.2) is 23.3 Å². The standard InChI is InChI=1S/C16H22O2/c1-9-7-8-10(2)16(6)14(18)12(4)11(3)13(17)15(9,16)5/h7-10H,1-6H3/t9-,10+,15-,16+. The summed E-state index contributed by atoms with van der Waals surface area (Å²) in [7, 11) is 0. The average molecular weight is 246 g/mol. The highest BCUT2D eigenvalue weighted by atomic mass is 16.1. The van der Waals surface area contributed by atoms with Gasteiger partial charge in [0.15, 0.2) is 11.6 Å². The Hall–Kier alpha value is -1.18. The summed E-state index contributed by atoms with van der Waals surface area (Å²) >= 11 is 0. The Morgan fingerprint density at radius 3 is 1.39 bits per heavy atom. The van der Waals surface area contributed by atoms with Crippen molar-refractivity contribution in [1.29, 1.82) is 0 Å². The molecular weight excluding hydrogens is 224 g/mol. The number of allylic oxidation sites excluding steroid dienone is 4. The third-order valence-corrected chi connectivity index (χ3v) is 5.78. The molecule has 0 spiro atoms. The monoisotopic (exact) mass is 246 g/mol. The van der Waals surface area contributed by atoms with E-state index >= 15 is 0 Å². The lowest BCUT2D eigenvalue weighted by molar-refractivity contribution is -0.152. The van der Waals surface area contributed by atoms with Gasteiger partial charge in [0.05, 0.1) is 0 Å². The molecule has 0 aromatic rings. The van der Waals surface area contributed by atoms with E-state index in [1.165, 1.54) is 0 Å². The Labute approximate surface area is 109 Å². The minimum absolute atomic E-state index is 0.0956. The van der Waals surface area contributed by atoms with E-state index < -0.39 is 10.8 Å². The van der Waals surface area contributed by atoms with E-state index in [2.05, 4.69) is 12.2 Å². The number of fused-ring (bicyclic) bond motifs is 1. The van der Waals surface area contributed by atoms with E-state index in [-0.39, 0.29) is 23.4 Å². The summed E-state index contributed by atoms with van der Waals surface area (Å²) in [4.78, 5) is 25.5. The van der Waals surface area contributed by atoms with Crippen molar-refractivity contribution in [3.8, 4) is 0 Å². The van der Waals surface area contributed by atoms with Crippen LogP contribution in [0, 0.1) is 22.7 Å². The van der Waals surface area contributed by atoms with Gasteiger partial charge in [-0.2, -0.15) is 0 Å². The second kappa shape index (κ2) is 3.66. The van der Waals surface area contributed by atoms with Gasteiger partial charge in [-0.25, -0.2) is 0 Å². The predicted molar refractivity (Wildman–Crippen MR) is 72.1 cm³/mol. The molecule has 98 valence electrons. The largest absolute Gasteiger partial charge is 0.294 e. The molecule has 0 saturated heterocycles. The quantitative estimate of drug-likeness (QED) is 0.614. The Kier molecular flexibility index (Phi) is 2.69. The number of Topliss-reactive ketones (excluding diaryl/α,β-unsaturated/α-hetero) is 2. The molecule has 0 N–H and O–H groups in total. The van der Waals surface area contributed by atoms with E-state index in [0.29, 0.717) is 11.1 Å². The van der Waals surface area contributed by atoms with Crippen LogP contribution in [0.3, 0.4) is 0 Å². The molecule has 0 bridgehead atoms. The smallest absolute Gasteiger partial charge is 0.166 e. The van der Waals surface area contributed by atoms with Crippen LogP contribution in [0.1, 0.15) is 41.5 Å². The number of rotatable bonds is 0. The zero-order valence-electron chi connectivity index (χ0n) is 12.1. The van der Waals surface area contributed by atoms with Gasteiger partial charge in [-0.1, -0.05) is 39.8 Å². The van der Waals surface area contributed by atoms with Crippen LogP contribution in [-0.4, -0.2) is 11.6 Å². The molecule has 4 atom stereocenters. The predicted octanol–water partition coefficient (Wildman–Crippen LogP) is 3.33. The average Bonchev–Trinajstić information content (AvgIpc) is 2.35. The maximum Gasteiger partial charge on any atom is 0.166 e. The molecule has 2 heteroatoms. The molecule has 0 fully saturated rings. The summed E-state index contributed by atoms with van der Waals surface area (Å²) in [6.07, 6.45) is 4.18. The van der Waals surface area contributed by atoms with Crippen LogP contribution >= 0.6 is 0 Å². The van der Waals surface area contributed by atoms with Crippen LogP contribution in [0.2, 0.25) is 0 Å². The van der Waals surface area contributed by atoms with Gasteiger partial charge in [0, 0.05) is 10.8 Å². The number of carbonyl (C=O) groups excluding carboxylic acids is 2. The van der Waals surface area contributed by atoms with Crippen molar-refractivity contribution in [1.82, 2.24) is 0 Å². The van der Waals surface area contributed by atoms with Gasteiger partial charge >= 0.3 is 0 Å². The minimum Gasteiger partial charge on any atom is -0.294 e. The molecule has 2 nitrogen and oxygen atoms in total. The van der Waals surface area contributed by atoms with E-state index in [1.54, 1.807) is 13.8 Å². The Morgan fingerprint density at radius 2 is 1.11 bits per heavy atom. The maximum absolute atomic E-state index is 12.8. The van der Waals surface area contributed by atoms with Crippen LogP contribution in [-0.2, 0) is 9.59 Å². The van der Waals surface area contributed by atoms with Gasteiger partial charge in [-0.15, -0.1) is 0 Å². The van der Waals surface area contributed by atoms with E-state index in [9.17, 15) is 9.59 Å². The van der Waals surface area contributed by atoms with Gasteiger partial charge < -0.3 is 0 Å². The highest BCUT2D eigenvalue weighted by molar-refractivity contribution is 6.17. The zero-order chi connectivity index (χ0) is 13.9. The summed E-state index contributed by atoms with van der Waals surface area (Å²) in [6, 6.07) is 0. The number of hydrogen-bond donors (Lipinski definition) is 0. The molecule has 0 unspecified atom stereocenters. The first-order valence-electron chi connectivity index (χ1n) is 6.64. The fourth-order valence-corrected chi connectivity index (χ4v) is 3.67. The van der Waals surface area contributed by atoms with Crippen molar-refractivity contribution in [2.24, 2.45) is 22.7 Å². The molecule has 2 rings (SSSR count). The van der Waals surface area contributed by atoms with Crippen molar-refractivity contribution < 1.29 is 9.59 Å². The number of carbonyl (C=O) groups is 2. The number of ketones is 2. The van der Waals surface area contributed by atoms with Crippen molar-refractivity contribution in [2.75, 3.05) is 0 Å². The van der Waals surface area contributed by atoms with Gasteiger partial charge in [0.25, 0.3) is 0 Å². The summed E-state index contributed by atoms with van der Waals surface area (Å²) in [5.74, 6) is 0.480. The van der Waals surface area contributed by atoms with Crippen LogP contribution < -0.4 is 0 Å². The van der Waals surface area contributed by atoms with Crippen LogP contribution in [0.5, 0.6) is 0 Å². The summed E-state index contributed by atoms with van der Waals surface area (Å²) in [5.41, 5.74) is 0.0765. The zero-order valence-corrected chi connectivity index (χ0v) is 12.1. The van der Waals surface area contributed by atoms with Crippen molar-refractivity contribution in [3.05, 3.63) is 23.3 Å². The summed E-state index contributed by atoms with van der Waals surface area (Å²) in [5, 5.41) is 0. The molecule has 0 heterocycles. The minimum atomic E-state index is -0.609. The second-order valence-electron chi connectivity index (χ2n) is 6.28. The van der Waals surface area contributed by atoms with Crippen LogP contribution in [0.4, 0.5) is 0 Å². The summed E-state index contributed by atoms with van der Waals surface area (Å²) < 4.78 is 0. The Balaban J connectivity index is 2.79. The molecule has 0 aromatic heterocycles. The normalized spacial score (nSPS) is 44.3. The third kappa shape index (κ3) is 1.19. The molecule has 0 saturated carbocycles. The van der Waals surface area contributed by atoms with E-state index in [0.717, 1.165) is 0 Å². The maximum atomic E-state index is 12.8. The van der Waals surface area contributed by atoms with Gasteiger partial charge in [0.2, 0.25) is 0 Å². The fraction of sp³-hybridized carbons (Fsp3) is 0.625. The van der Waals surface area contributed by atoms with E-state index in [4.69, 9.17) is 0 Å². The first-order chi connectivity index (χ1) is 8.19. The summed E-state index contributed by atoms with van der Waals surface area (Å²) in [6.45, 7) is 11.6. The molecule has 2 aliphatic carbocycles. The SMILES string of the molecule is CC1=C(C)C(=O)[C@]2(C)[C@@H](C)C=C[C@@H](C)[C@]2(C)C1=O. The molecule has 0 radical (unpaired) electrons. The highest BCUT2D eigenvalue weighted by Gasteiger charge is 2.62. The molecule has 0 aliphatic heterocycles. The molecule has 2 aliphatic rings. The molecular formula is C16H22O2. The first kappa shape index (κ1) is 13.3. The number of hydrogen-bond acceptors (Lipinski definition) is 2. The third-order valence-electron chi connectivity index (χ3n) is 5.78. The van der Waals surface area contributed by atoms with E-state index in [1.807, 2.05) is 27.7 Å². The molecule has 0 amide bonds. The topological polar surface area (TPSA) is 34.1 Å². The van der Waals surface area contributed by atoms with Crippen molar-refractivity contribution in [2.45, 2.75) is 41.5 Å². The molecule has 18 heavy (non-hydrogen) atoms. The van der Waals surface area contributed by atoms with Gasteiger partial charge in [-0.05, 0) is 36.8 Å². The molecule has 0 aromatic carbocycles. The fourth-order valence-electron chi connectivity index (χ4n) is 3.67. The highest BCUT2D eigenvalue weighted by Crippen LogP contribution is 2.58. The first-order valence-corrected chi connectivity index (χ1v) is 6.64. The van der Waals surface area contributed by atoms with Gasteiger partial charge in [-0.3, -0.25) is 9.59 Å². The lowest BCUT2D eigenvalue weighted by Gasteiger charge is -2.55. The van der Waals surface area contributed by atoms with Crippen LogP contribution in [0.25, 0.3) is 0 Å². The van der Waals surface area contributed by atoms with Gasteiger partial charge in [0.1, 0.15) is 0 Å². The Morgan fingerprint density at radius 1 is 0.833 bits per heavy atom. The van der Waals surface area contributed by atoms with Crippen molar-refractivity contribution >= 4 is 11.6 Å². The second-order valence-corrected chi connectivity index (χ2v) is 6.28. The lowest BCUT2D eigenvalue weighted by Crippen LogP contribution is -2.60. The Bertz CT molecular complexity index is 453.